The van der Waals surface area contributed by atoms with E-state index in [0.29, 0.717) is 28.4 Å². The summed E-state index contributed by atoms with van der Waals surface area (Å²) in [6.45, 7) is 3.89. The van der Waals surface area contributed by atoms with Crippen LogP contribution in [0.25, 0.3) is 0 Å². The molecule has 9 nitrogen and oxygen atoms in total. The molecule has 1 unspecified atom stereocenters. The molecule has 1 saturated heterocycles. The van der Waals surface area contributed by atoms with Crippen molar-refractivity contribution in [2.24, 2.45) is 5.92 Å². The number of hydrogen-bond donors (Lipinski definition) is 2. The van der Waals surface area contributed by atoms with Crippen LogP contribution in [0, 0.1) is 5.92 Å². The fourth-order valence-corrected chi connectivity index (χ4v) is 4.62. The lowest BCUT2D eigenvalue weighted by atomic mass is 10.1. The molecule has 1 fully saturated rings. The first-order valence-corrected chi connectivity index (χ1v) is 11.9. The molecular weight excluding hydrogens is 446 g/mol. The Morgan fingerprint density at radius 1 is 1.15 bits per heavy atom. The number of nitrogens with zero attached hydrogens (tertiary/aromatic N) is 1. The number of hydrogen-bond acceptors (Lipinski definition) is 6. The molecule has 1 aliphatic rings. The Morgan fingerprint density at radius 2 is 1.85 bits per heavy atom. The summed E-state index contributed by atoms with van der Waals surface area (Å²) in [6.07, 6.45) is 1.56. The lowest BCUT2D eigenvalue weighted by molar-refractivity contribution is -0.122. The van der Waals surface area contributed by atoms with Crippen molar-refractivity contribution in [3.63, 3.8) is 0 Å². The molecule has 33 heavy (non-hydrogen) atoms. The minimum atomic E-state index is -3.46. The molecule has 0 aromatic heterocycles. The smallest absolute Gasteiger partial charge is 0.229 e. The molecular formula is C23H27N3O6S. The van der Waals surface area contributed by atoms with Gasteiger partial charge in [0.25, 0.3) is 0 Å². The number of carbonyl (C=O) groups excluding carboxylic acids is 2. The number of carbonyl (C=O) groups is 2. The summed E-state index contributed by atoms with van der Waals surface area (Å²) in [5.74, 6) is -0.0811. The second-order valence-electron chi connectivity index (χ2n) is 7.53. The van der Waals surface area contributed by atoms with Crippen molar-refractivity contribution in [2.75, 3.05) is 37.5 Å². The predicted molar refractivity (Wildman–Crippen MR) is 126 cm³/mol. The Morgan fingerprint density at radius 3 is 2.48 bits per heavy atom. The van der Waals surface area contributed by atoms with Crippen molar-refractivity contribution >= 4 is 33.2 Å². The van der Waals surface area contributed by atoms with E-state index < -0.39 is 15.9 Å². The number of rotatable bonds is 10. The Labute approximate surface area is 193 Å². The van der Waals surface area contributed by atoms with Gasteiger partial charge < -0.3 is 19.7 Å². The third-order valence-electron chi connectivity index (χ3n) is 5.20. The fourth-order valence-electron chi connectivity index (χ4n) is 3.51. The highest BCUT2D eigenvalue weighted by molar-refractivity contribution is 7.88. The summed E-state index contributed by atoms with van der Waals surface area (Å²) in [4.78, 5) is 26.8. The topological polar surface area (TPSA) is 114 Å². The van der Waals surface area contributed by atoms with Crippen molar-refractivity contribution < 1.29 is 27.5 Å². The molecule has 10 heteroatoms. The van der Waals surface area contributed by atoms with Gasteiger partial charge in [-0.05, 0) is 29.8 Å². The van der Waals surface area contributed by atoms with E-state index in [1.165, 1.54) is 20.3 Å². The maximum atomic E-state index is 12.7. The Kier molecular flexibility index (Phi) is 7.72. The van der Waals surface area contributed by atoms with E-state index in [1.807, 2.05) is 0 Å². The molecule has 2 aromatic rings. The van der Waals surface area contributed by atoms with E-state index in [2.05, 4.69) is 16.6 Å². The van der Waals surface area contributed by atoms with Crippen LogP contribution in [0.4, 0.5) is 11.4 Å². The predicted octanol–water partition coefficient (Wildman–Crippen LogP) is 2.30. The van der Waals surface area contributed by atoms with Crippen LogP contribution in [0.1, 0.15) is 12.0 Å². The number of anilines is 2. The molecule has 176 valence electrons. The first-order valence-electron chi connectivity index (χ1n) is 10.3. The van der Waals surface area contributed by atoms with Gasteiger partial charge in [0, 0.05) is 37.0 Å². The normalized spacial score (nSPS) is 15.9. The fraction of sp³-hybridized carbons (Fsp3) is 0.304. The van der Waals surface area contributed by atoms with Crippen molar-refractivity contribution in [3.05, 3.63) is 60.7 Å². The Hall–Kier alpha value is -3.37. The van der Waals surface area contributed by atoms with Gasteiger partial charge in [-0.2, -0.15) is 0 Å². The van der Waals surface area contributed by atoms with E-state index in [-0.39, 0.29) is 37.1 Å². The molecule has 0 saturated carbocycles. The van der Waals surface area contributed by atoms with Crippen LogP contribution >= 0.6 is 0 Å². The standard InChI is InChI=1S/C23H27N3O6S/c1-4-11-24-33(29,30)15-16-5-7-18(8-6-16)25-23(28)17-12-22(27)26(14-17)19-9-10-20(31-2)21(13-19)32-3/h4-10,13,17,24H,1,11-12,14-15H2,2-3H3,(H,25,28). The summed E-state index contributed by atoms with van der Waals surface area (Å²) in [5.41, 5.74) is 1.74. The van der Waals surface area contributed by atoms with Gasteiger partial charge >= 0.3 is 0 Å². The van der Waals surface area contributed by atoms with E-state index in [0.717, 1.165) is 0 Å². The summed E-state index contributed by atoms with van der Waals surface area (Å²) in [7, 11) is -0.414. The monoisotopic (exact) mass is 473 g/mol. The summed E-state index contributed by atoms with van der Waals surface area (Å²) >= 11 is 0. The SMILES string of the molecule is C=CCNS(=O)(=O)Cc1ccc(NC(=O)C2CC(=O)N(c3ccc(OC)c(OC)c3)C2)cc1. The molecule has 1 aliphatic heterocycles. The molecule has 2 amide bonds. The second kappa shape index (κ2) is 10.5. The molecule has 1 atom stereocenters. The van der Waals surface area contributed by atoms with Gasteiger partial charge in [-0.1, -0.05) is 18.2 Å². The number of methoxy groups -OCH3 is 2. The number of ether oxygens (including phenoxy) is 2. The third kappa shape index (κ3) is 6.11. The zero-order valence-corrected chi connectivity index (χ0v) is 19.4. The molecule has 0 radical (unpaired) electrons. The quantitative estimate of drug-likeness (QED) is 0.512. The maximum Gasteiger partial charge on any atom is 0.229 e. The van der Waals surface area contributed by atoms with E-state index in [1.54, 1.807) is 47.4 Å². The molecule has 1 heterocycles. The van der Waals surface area contributed by atoms with Crippen molar-refractivity contribution in [1.29, 1.82) is 0 Å². The zero-order chi connectivity index (χ0) is 24.0. The van der Waals surface area contributed by atoms with Gasteiger partial charge in [-0.15, -0.1) is 6.58 Å². The number of benzene rings is 2. The van der Waals surface area contributed by atoms with Gasteiger partial charge in [0.2, 0.25) is 21.8 Å². The van der Waals surface area contributed by atoms with Crippen LogP contribution in [0.3, 0.4) is 0 Å². The Balaban J connectivity index is 1.62. The highest BCUT2D eigenvalue weighted by atomic mass is 32.2. The van der Waals surface area contributed by atoms with Gasteiger partial charge in [0.15, 0.2) is 11.5 Å². The van der Waals surface area contributed by atoms with Crippen molar-refractivity contribution in [3.8, 4) is 11.5 Å². The van der Waals surface area contributed by atoms with Gasteiger partial charge in [0.05, 0.1) is 25.9 Å². The van der Waals surface area contributed by atoms with Crippen LogP contribution in [0.2, 0.25) is 0 Å². The molecule has 0 bridgehead atoms. The van der Waals surface area contributed by atoms with Crippen LogP contribution in [0.5, 0.6) is 11.5 Å². The van der Waals surface area contributed by atoms with Gasteiger partial charge in [0.1, 0.15) is 0 Å². The van der Waals surface area contributed by atoms with Crippen LogP contribution in [-0.4, -0.2) is 47.5 Å². The first kappa shape index (κ1) is 24.3. The minimum absolute atomic E-state index is 0.0888. The average molecular weight is 474 g/mol. The second-order valence-corrected chi connectivity index (χ2v) is 9.33. The summed E-state index contributed by atoms with van der Waals surface area (Å²) in [6, 6.07) is 11.7. The number of amides is 2. The van der Waals surface area contributed by atoms with Gasteiger partial charge in [-0.25, -0.2) is 13.1 Å². The molecule has 0 spiro atoms. The zero-order valence-electron chi connectivity index (χ0n) is 18.5. The third-order valence-corrected chi connectivity index (χ3v) is 6.52. The van der Waals surface area contributed by atoms with Crippen LogP contribution in [0.15, 0.2) is 55.1 Å². The summed E-state index contributed by atoms with van der Waals surface area (Å²) < 4.78 is 36.9. The largest absolute Gasteiger partial charge is 0.493 e. The lowest BCUT2D eigenvalue weighted by Gasteiger charge is -2.18. The highest BCUT2D eigenvalue weighted by Gasteiger charge is 2.35. The van der Waals surface area contributed by atoms with E-state index in [4.69, 9.17) is 9.47 Å². The maximum absolute atomic E-state index is 12.7. The van der Waals surface area contributed by atoms with Crippen molar-refractivity contribution in [1.82, 2.24) is 4.72 Å². The minimum Gasteiger partial charge on any atom is -0.493 e. The molecule has 3 rings (SSSR count). The highest BCUT2D eigenvalue weighted by Crippen LogP contribution is 2.34. The molecule has 2 aromatic carbocycles. The first-order chi connectivity index (χ1) is 15.8. The van der Waals surface area contributed by atoms with Crippen molar-refractivity contribution in [2.45, 2.75) is 12.2 Å². The van der Waals surface area contributed by atoms with E-state index in [9.17, 15) is 18.0 Å². The average Bonchev–Trinajstić information content (AvgIpc) is 3.20. The molecule has 2 N–H and O–H groups in total. The van der Waals surface area contributed by atoms with Crippen LogP contribution < -0.4 is 24.4 Å². The number of sulfonamides is 1. The van der Waals surface area contributed by atoms with Gasteiger partial charge in [-0.3, -0.25) is 9.59 Å². The summed E-state index contributed by atoms with van der Waals surface area (Å²) in [5, 5.41) is 2.80. The Bertz CT molecular complexity index is 1130. The number of nitrogens with one attached hydrogen (secondary N) is 2. The molecule has 0 aliphatic carbocycles. The van der Waals surface area contributed by atoms with E-state index >= 15 is 0 Å². The lowest BCUT2D eigenvalue weighted by Crippen LogP contribution is -2.28. The van der Waals surface area contributed by atoms with Crippen LogP contribution in [-0.2, 0) is 25.4 Å².